The number of hydrogen-bond donors (Lipinski definition) is 1. The van der Waals surface area contributed by atoms with E-state index in [-0.39, 0.29) is 0 Å². The summed E-state index contributed by atoms with van der Waals surface area (Å²) in [5.74, 6) is -1.21. The number of rotatable bonds is 2. The maximum absolute atomic E-state index is 10.0. The van der Waals surface area contributed by atoms with E-state index in [0.717, 1.165) is 7.11 Å². The number of carboxylic acids is 1. The fraction of sp³-hybridized carbons (Fsp3) is 0.500. The molecule has 0 aliphatic rings. The fourth-order valence-corrected chi connectivity index (χ4v) is 0.180. The monoisotopic (exact) mass is 134 g/mol. The molecule has 0 radical (unpaired) electrons. The van der Waals surface area contributed by atoms with Gasteiger partial charge in [0.05, 0.1) is 7.11 Å². The summed E-state index contributed by atoms with van der Waals surface area (Å²) in [4.78, 5) is 19.7. The first kappa shape index (κ1) is 7.74. The molecule has 0 aromatic rings. The molecule has 5 heteroatoms. The molecule has 0 saturated heterocycles. The number of hydrogen-bond acceptors (Lipinski definition) is 4. The Hall–Kier alpha value is -1.26. The maximum atomic E-state index is 10.0. The smallest absolute Gasteiger partial charge is 0.479 e. The van der Waals surface area contributed by atoms with Gasteiger partial charge in [0.1, 0.15) is 0 Å². The van der Waals surface area contributed by atoms with E-state index in [4.69, 9.17) is 5.11 Å². The number of carbonyl (C=O) groups is 2. The van der Waals surface area contributed by atoms with Gasteiger partial charge in [-0.15, -0.1) is 0 Å². The second kappa shape index (κ2) is 3.71. The quantitative estimate of drug-likeness (QED) is 0.532. The molecule has 0 aromatic carbocycles. The van der Waals surface area contributed by atoms with Crippen LogP contribution in [0.4, 0.5) is 4.79 Å². The highest BCUT2D eigenvalue weighted by molar-refractivity contribution is 5.71. The molecule has 0 unspecified atom stereocenters. The van der Waals surface area contributed by atoms with Gasteiger partial charge in [0.15, 0.2) is 6.61 Å². The Morgan fingerprint density at radius 2 is 2.11 bits per heavy atom. The largest absolute Gasteiger partial charge is 0.508 e. The second-order valence-electron chi connectivity index (χ2n) is 1.14. The number of carboxylic acid groups (broad SMARTS) is 1. The van der Waals surface area contributed by atoms with Crippen LogP contribution in [0.25, 0.3) is 0 Å². The van der Waals surface area contributed by atoms with E-state index in [1.54, 1.807) is 0 Å². The van der Waals surface area contributed by atoms with Crippen LogP contribution in [0.2, 0.25) is 0 Å². The normalized spacial score (nSPS) is 8.11. The van der Waals surface area contributed by atoms with Gasteiger partial charge in [0.25, 0.3) is 0 Å². The van der Waals surface area contributed by atoms with Gasteiger partial charge in [0.2, 0.25) is 0 Å². The minimum Gasteiger partial charge on any atom is -0.479 e. The summed E-state index contributed by atoms with van der Waals surface area (Å²) in [6.07, 6.45) is -0.989. The summed E-state index contributed by atoms with van der Waals surface area (Å²) in [5.41, 5.74) is 0. The highest BCUT2D eigenvalue weighted by atomic mass is 16.7. The van der Waals surface area contributed by atoms with Crippen molar-refractivity contribution in [2.24, 2.45) is 0 Å². The fourth-order valence-electron chi connectivity index (χ4n) is 0.180. The Morgan fingerprint density at radius 1 is 1.56 bits per heavy atom. The van der Waals surface area contributed by atoms with E-state index in [2.05, 4.69) is 9.47 Å². The van der Waals surface area contributed by atoms with Gasteiger partial charge in [-0.1, -0.05) is 0 Å². The number of aliphatic carboxylic acids is 1. The minimum absolute atomic E-state index is 0.660. The zero-order valence-electron chi connectivity index (χ0n) is 4.79. The van der Waals surface area contributed by atoms with E-state index < -0.39 is 18.7 Å². The molecule has 0 heterocycles. The van der Waals surface area contributed by atoms with E-state index in [9.17, 15) is 9.59 Å². The zero-order valence-corrected chi connectivity index (χ0v) is 4.79. The van der Waals surface area contributed by atoms with Gasteiger partial charge in [-0.2, -0.15) is 0 Å². The van der Waals surface area contributed by atoms with Gasteiger partial charge in [-0.3, -0.25) is 0 Å². The minimum atomic E-state index is -1.21. The summed E-state index contributed by atoms with van der Waals surface area (Å²) in [6.45, 7) is -0.660. The van der Waals surface area contributed by atoms with Crippen molar-refractivity contribution >= 4 is 12.1 Å². The molecule has 0 aliphatic carbocycles. The van der Waals surface area contributed by atoms with Crippen LogP contribution < -0.4 is 0 Å². The van der Waals surface area contributed by atoms with Crippen molar-refractivity contribution in [1.29, 1.82) is 0 Å². The SMILES string of the molecule is COC(=O)OCC(=O)O. The molecule has 52 valence electrons. The Kier molecular flexibility index (Phi) is 3.19. The molecule has 0 spiro atoms. The van der Waals surface area contributed by atoms with Crippen molar-refractivity contribution in [1.82, 2.24) is 0 Å². The van der Waals surface area contributed by atoms with E-state index in [0.29, 0.717) is 0 Å². The number of ether oxygens (including phenoxy) is 2. The third-order valence-corrected chi connectivity index (χ3v) is 0.480. The van der Waals surface area contributed by atoms with Crippen LogP contribution in [-0.4, -0.2) is 30.9 Å². The van der Waals surface area contributed by atoms with Crippen molar-refractivity contribution in [3.63, 3.8) is 0 Å². The van der Waals surface area contributed by atoms with Gasteiger partial charge in [-0.25, -0.2) is 9.59 Å². The molecule has 0 bridgehead atoms. The van der Waals surface area contributed by atoms with Crippen molar-refractivity contribution in [2.75, 3.05) is 13.7 Å². The lowest BCUT2D eigenvalue weighted by Gasteiger charge is -1.96. The zero-order chi connectivity index (χ0) is 7.28. The van der Waals surface area contributed by atoms with E-state index in [1.165, 1.54) is 0 Å². The third-order valence-electron chi connectivity index (χ3n) is 0.480. The summed E-state index contributed by atoms with van der Waals surface area (Å²) in [6, 6.07) is 0. The van der Waals surface area contributed by atoms with Crippen molar-refractivity contribution in [3.8, 4) is 0 Å². The van der Waals surface area contributed by atoms with Gasteiger partial charge in [0, 0.05) is 0 Å². The Labute approximate surface area is 51.2 Å². The molecule has 0 saturated carbocycles. The number of methoxy groups -OCH3 is 1. The van der Waals surface area contributed by atoms with Gasteiger partial charge < -0.3 is 14.6 Å². The molecular weight excluding hydrogens is 128 g/mol. The Balaban J connectivity index is 3.28. The van der Waals surface area contributed by atoms with Crippen LogP contribution in [0.3, 0.4) is 0 Å². The lowest BCUT2D eigenvalue weighted by molar-refractivity contribution is -0.141. The standard InChI is InChI=1S/C4H6O5/c1-8-4(7)9-2-3(5)6/h2H2,1H3,(H,5,6). The highest BCUT2D eigenvalue weighted by Gasteiger charge is 2.02. The molecule has 0 aromatic heterocycles. The first-order valence-electron chi connectivity index (χ1n) is 2.09. The first-order valence-corrected chi connectivity index (χ1v) is 2.09. The molecule has 5 nitrogen and oxygen atoms in total. The summed E-state index contributed by atoms with van der Waals surface area (Å²) < 4.78 is 7.97. The molecule has 0 amide bonds. The Bertz CT molecular complexity index is 118. The average molecular weight is 134 g/mol. The first-order chi connectivity index (χ1) is 4.16. The third kappa shape index (κ3) is 4.60. The molecule has 9 heavy (non-hydrogen) atoms. The summed E-state index contributed by atoms with van der Waals surface area (Å²) >= 11 is 0. The van der Waals surface area contributed by atoms with Crippen LogP contribution in [0.15, 0.2) is 0 Å². The topological polar surface area (TPSA) is 72.8 Å². The van der Waals surface area contributed by atoms with Crippen LogP contribution in [0, 0.1) is 0 Å². The predicted octanol–water partition coefficient (Wildman–Crippen LogP) is -0.146. The van der Waals surface area contributed by atoms with Crippen molar-refractivity contribution in [2.45, 2.75) is 0 Å². The molecule has 1 N–H and O–H groups in total. The molecule has 0 fully saturated rings. The molecule has 0 aliphatic heterocycles. The molecular formula is C4H6O5. The van der Waals surface area contributed by atoms with E-state index >= 15 is 0 Å². The number of carbonyl (C=O) groups excluding carboxylic acids is 1. The highest BCUT2D eigenvalue weighted by Crippen LogP contribution is 1.79. The van der Waals surface area contributed by atoms with Gasteiger partial charge in [-0.05, 0) is 0 Å². The average Bonchev–Trinajstić information content (AvgIpc) is 1.83. The maximum Gasteiger partial charge on any atom is 0.508 e. The lowest BCUT2D eigenvalue weighted by atomic mass is 10.7. The van der Waals surface area contributed by atoms with Crippen LogP contribution >= 0.6 is 0 Å². The van der Waals surface area contributed by atoms with Crippen LogP contribution in [-0.2, 0) is 14.3 Å². The van der Waals surface area contributed by atoms with E-state index in [1.807, 2.05) is 0 Å². The Morgan fingerprint density at radius 3 is 2.44 bits per heavy atom. The van der Waals surface area contributed by atoms with Crippen LogP contribution in [0.1, 0.15) is 0 Å². The molecule has 0 atom stereocenters. The predicted molar refractivity (Wildman–Crippen MR) is 26.0 cm³/mol. The summed E-state index contributed by atoms with van der Waals surface area (Å²) in [5, 5.41) is 7.93. The van der Waals surface area contributed by atoms with Crippen molar-refractivity contribution in [3.05, 3.63) is 0 Å². The molecule has 0 rings (SSSR count). The summed E-state index contributed by atoms with van der Waals surface area (Å²) in [7, 11) is 1.10. The van der Waals surface area contributed by atoms with Gasteiger partial charge >= 0.3 is 12.1 Å². The second-order valence-corrected chi connectivity index (χ2v) is 1.14. The van der Waals surface area contributed by atoms with Crippen molar-refractivity contribution < 1.29 is 24.2 Å². The van der Waals surface area contributed by atoms with Crippen LogP contribution in [0.5, 0.6) is 0 Å². The lowest BCUT2D eigenvalue weighted by Crippen LogP contribution is -2.12.